The molecule has 0 spiro atoms. The summed E-state index contributed by atoms with van der Waals surface area (Å²) in [6.07, 6.45) is 1.93. The Balaban J connectivity index is 1.46. The Morgan fingerprint density at radius 3 is 2.34 bits per heavy atom. The van der Waals surface area contributed by atoms with Crippen LogP contribution in [0, 0.1) is 0 Å². The minimum atomic E-state index is -0.0406. The fraction of sp³-hybridized carbons (Fsp3) is 0.138. The van der Waals surface area contributed by atoms with Crippen LogP contribution in [0.3, 0.4) is 0 Å². The lowest BCUT2D eigenvalue weighted by atomic mass is 10.1. The summed E-state index contributed by atoms with van der Waals surface area (Å²) in [4.78, 5) is 24.7. The van der Waals surface area contributed by atoms with E-state index in [2.05, 4.69) is 22.3 Å². The number of hydrogen-bond acceptors (Lipinski definition) is 5. The van der Waals surface area contributed by atoms with Crippen LogP contribution in [-0.2, 0) is 17.9 Å². The maximum absolute atomic E-state index is 12.7. The summed E-state index contributed by atoms with van der Waals surface area (Å²) in [6.45, 7) is 1.51. The first-order valence-corrected chi connectivity index (χ1v) is 11.7. The largest absolute Gasteiger partial charge is 0.467 e. The predicted molar refractivity (Wildman–Crippen MR) is 138 cm³/mol. The molecule has 2 heterocycles. The third-order valence-corrected chi connectivity index (χ3v) is 5.78. The number of benzene rings is 3. The number of carbonyl (C=O) groups is 1. The maximum Gasteiger partial charge on any atom is 0.222 e. The summed E-state index contributed by atoms with van der Waals surface area (Å²) >= 11 is 0. The van der Waals surface area contributed by atoms with Gasteiger partial charge in [0.2, 0.25) is 5.91 Å². The fourth-order valence-corrected chi connectivity index (χ4v) is 4.00. The first-order valence-electron chi connectivity index (χ1n) is 11.7. The molecule has 1 amide bonds. The van der Waals surface area contributed by atoms with Gasteiger partial charge in [0.25, 0.3) is 0 Å². The third kappa shape index (κ3) is 5.55. The standard InChI is InChI=1S/C29H26N4O2/c34-27(30-20-24-14-9-19-35-24)17-18-33(21-22-10-3-1-4-11-22)29-25-15-7-8-16-26(25)31-28(32-29)23-12-5-2-6-13-23/h1-16,19H,17-18,20-21H2,(H,30,34). The van der Waals surface area contributed by atoms with Crippen LogP contribution in [0.1, 0.15) is 17.7 Å². The van der Waals surface area contributed by atoms with Crippen LogP contribution < -0.4 is 10.2 Å². The molecule has 6 heteroatoms. The lowest BCUT2D eigenvalue weighted by molar-refractivity contribution is -0.121. The molecule has 0 bridgehead atoms. The second-order valence-corrected chi connectivity index (χ2v) is 8.27. The van der Waals surface area contributed by atoms with Gasteiger partial charge >= 0.3 is 0 Å². The summed E-state index contributed by atoms with van der Waals surface area (Å²) < 4.78 is 5.32. The molecular formula is C29H26N4O2. The van der Waals surface area contributed by atoms with E-state index < -0.39 is 0 Å². The van der Waals surface area contributed by atoms with Crippen LogP contribution in [0.4, 0.5) is 5.82 Å². The summed E-state index contributed by atoms with van der Waals surface area (Å²) in [6, 6.07) is 31.9. The van der Waals surface area contributed by atoms with Gasteiger partial charge in [-0.05, 0) is 29.8 Å². The lowest BCUT2D eigenvalue weighted by Crippen LogP contribution is -2.31. The fourth-order valence-electron chi connectivity index (χ4n) is 4.00. The van der Waals surface area contributed by atoms with Gasteiger partial charge in [-0.3, -0.25) is 4.79 Å². The van der Waals surface area contributed by atoms with E-state index in [1.165, 1.54) is 0 Å². The van der Waals surface area contributed by atoms with Crippen molar-refractivity contribution in [1.29, 1.82) is 0 Å². The molecule has 0 atom stereocenters. The minimum Gasteiger partial charge on any atom is -0.467 e. The molecule has 6 nitrogen and oxygen atoms in total. The number of furan rings is 1. The normalized spacial score (nSPS) is 10.9. The molecule has 0 saturated heterocycles. The SMILES string of the molecule is O=C(CCN(Cc1ccccc1)c1nc(-c2ccccc2)nc2ccccc12)NCc1ccco1. The molecule has 0 unspecified atom stereocenters. The molecule has 0 aliphatic heterocycles. The van der Waals surface area contributed by atoms with Gasteiger partial charge in [-0.15, -0.1) is 0 Å². The molecule has 3 aromatic carbocycles. The van der Waals surface area contributed by atoms with E-state index in [4.69, 9.17) is 14.4 Å². The highest BCUT2D eigenvalue weighted by atomic mass is 16.3. The number of anilines is 1. The lowest BCUT2D eigenvalue weighted by Gasteiger charge is -2.25. The van der Waals surface area contributed by atoms with Crippen molar-refractivity contribution < 1.29 is 9.21 Å². The predicted octanol–water partition coefficient (Wildman–Crippen LogP) is 5.60. The average molecular weight is 463 g/mol. The van der Waals surface area contributed by atoms with E-state index in [0.29, 0.717) is 31.9 Å². The first kappa shape index (κ1) is 22.3. The van der Waals surface area contributed by atoms with Gasteiger partial charge in [0.15, 0.2) is 5.82 Å². The van der Waals surface area contributed by atoms with E-state index in [0.717, 1.165) is 33.6 Å². The van der Waals surface area contributed by atoms with Crippen molar-refractivity contribution in [2.45, 2.75) is 19.5 Å². The number of rotatable bonds is 9. The van der Waals surface area contributed by atoms with Crippen molar-refractivity contribution in [3.05, 3.63) is 115 Å². The molecule has 5 rings (SSSR count). The van der Waals surface area contributed by atoms with Gasteiger partial charge in [0.1, 0.15) is 11.6 Å². The van der Waals surface area contributed by atoms with Crippen molar-refractivity contribution in [3.8, 4) is 11.4 Å². The smallest absolute Gasteiger partial charge is 0.222 e. The molecule has 0 radical (unpaired) electrons. The van der Waals surface area contributed by atoms with Gasteiger partial charge in [-0.1, -0.05) is 72.8 Å². The molecule has 0 saturated carbocycles. The first-order chi connectivity index (χ1) is 17.3. The van der Waals surface area contributed by atoms with Crippen LogP contribution in [0.15, 0.2) is 108 Å². The highest BCUT2D eigenvalue weighted by Crippen LogP contribution is 2.28. The molecule has 0 aliphatic carbocycles. The van der Waals surface area contributed by atoms with E-state index in [9.17, 15) is 4.79 Å². The number of hydrogen-bond donors (Lipinski definition) is 1. The second-order valence-electron chi connectivity index (χ2n) is 8.27. The number of amides is 1. The van der Waals surface area contributed by atoms with Crippen molar-refractivity contribution in [3.63, 3.8) is 0 Å². The number of aromatic nitrogens is 2. The van der Waals surface area contributed by atoms with Gasteiger partial charge in [-0.25, -0.2) is 9.97 Å². The molecule has 35 heavy (non-hydrogen) atoms. The molecule has 2 aromatic heterocycles. The minimum absolute atomic E-state index is 0.0406. The van der Waals surface area contributed by atoms with Crippen LogP contribution in [-0.4, -0.2) is 22.4 Å². The number of para-hydroxylation sites is 1. The Bertz CT molecular complexity index is 1390. The maximum atomic E-state index is 12.7. The number of carbonyl (C=O) groups excluding carboxylic acids is 1. The van der Waals surface area contributed by atoms with E-state index in [1.807, 2.05) is 84.9 Å². The second kappa shape index (κ2) is 10.7. The Hall–Kier alpha value is -4.45. The van der Waals surface area contributed by atoms with E-state index in [-0.39, 0.29) is 5.91 Å². The zero-order chi connectivity index (χ0) is 23.9. The van der Waals surface area contributed by atoms with Crippen LogP contribution in [0.5, 0.6) is 0 Å². The number of nitrogens with zero attached hydrogens (tertiary/aromatic N) is 3. The van der Waals surface area contributed by atoms with Gasteiger partial charge in [0, 0.05) is 30.5 Å². The van der Waals surface area contributed by atoms with Crippen LogP contribution >= 0.6 is 0 Å². The van der Waals surface area contributed by atoms with Crippen molar-refractivity contribution in [2.75, 3.05) is 11.4 Å². The molecule has 1 N–H and O–H groups in total. The topological polar surface area (TPSA) is 71.3 Å². The van der Waals surface area contributed by atoms with Crippen LogP contribution in [0.25, 0.3) is 22.3 Å². The number of nitrogens with one attached hydrogen (secondary N) is 1. The zero-order valence-electron chi connectivity index (χ0n) is 19.3. The summed E-state index contributed by atoms with van der Waals surface area (Å²) in [5.74, 6) is 2.17. The summed E-state index contributed by atoms with van der Waals surface area (Å²) in [7, 11) is 0. The average Bonchev–Trinajstić information content (AvgIpc) is 3.44. The van der Waals surface area contributed by atoms with Crippen molar-refractivity contribution in [2.24, 2.45) is 0 Å². The quantitative estimate of drug-likeness (QED) is 0.309. The molecule has 0 aliphatic rings. The van der Waals surface area contributed by atoms with Crippen LogP contribution in [0.2, 0.25) is 0 Å². The zero-order valence-corrected chi connectivity index (χ0v) is 19.3. The van der Waals surface area contributed by atoms with Gasteiger partial charge < -0.3 is 14.6 Å². The third-order valence-electron chi connectivity index (χ3n) is 5.78. The molecule has 5 aromatic rings. The highest BCUT2D eigenvalue weighted by molar-refractivity contribution is 5.91. The number of fused-ring (bicyclic) bond motifs is 1. The Labute approximate surface area is 204 Å². The van der Waals surface area contributed by atoms with Gasteiger partial charge in [0.05, 0.1) is 18.3 Å². The van der Waals surface area contributed by atoms with E-state index >= 15 is 0 Å². The van der Waals surface area contributed by atoms with Gasteiger partial charge in [-0.2, -0.15) is 0 Å². The summed E-state index contributed by atoms with van der Waals surface area (Å²) in [5.41, 5.74) is 2.97. The van der Waals surface area contributed by atoms with E-state index in [1.54, 1.807) is 6.26 Å². The van der Waals surface area contributed by atoms with Crippen molar-refractivity contribution in [1.82, 2.24) is 15.3 Å². The molecule has 0 fully saturated rings. The van der Waals surface area contributed by atoms with Crippen molar-refractivity contribution >= 4 is 22.6 Å². The Morgan fingerprint density at radius 2 is 1.57 bits per heavy atom. The monoisotopic (exact) mass is 462 g/mol. The molecular weight excluding hydrogens is 436 g/mol. The highest BCUT2D eigenvalue weighted by Gasteiger charge is 2.17. The summed E-state index contributed by atoms with van der Waals surface area (Å²) in [5, 5.41) is 3.90. The Morgan fingerprint density at radius 1 is 0.829 bits per heavy atom. The Kier molecular flexibility index (Phi) is 6.80. The molecule has 174 valence electrons.